The van der Waals surface area contributed by atoms with Crippen LogP contribution >= 0.6 is 0 Å². The van der Waals surface area contributed by atoms with Crippen molar-refractivity contribution >= 4 is 5.52 Å². The number of imidazole rings is 1. The van der Waals surface area contributed by atoms with E-state index in [0.717, 1.165) is 37.4 Å². The fourth-order valence-corrected chi connectivity index (χ4v) is 1.98. The van der Waals surface area contributed by atoms with Crippen molar-refractivity contribution in [1.29, 1.82) is 0 Å². The molecule has 3 N–H and O–H groups in total. The number of hydrogen-bond donors (Lipinski definition) is 2. The Kier molecular flexibility index (Phi) is 4.12. The molecule has 2 aromatic heterocycles. The molecule has 0 aliphatic heterocycles. The summed E-state index contributed by atoms with van der Waals surface area (Å²) in [6, 6.07) is 6.21. The summed E-state index contributed by atoms with van der Waals surface area (Å²) in [6.07, 6.45) is 3.99. The number of nitrogens with two attached hydrogens (primary N) is 1. The number of aromatic nitrogens is 2. The predicted molar refractivity (Wildman–Crippen MR) is 69.9 cm³/mol. The molecule has 2 rings (SSSR count). The van der Waals surface area contributed by atoms with Crippen LogP contribution in [0.25, 0.3) is 5.52 Å². The molecule has 0 aliphatic carbocycles. The largest absolute Gasteiger partial charge is 0.330 e. The molecular formula is C13H20N4. The number of pyridine rings is 1. The smallest absolute Gasteiger partial charge is 0.113 e. The third-order valence-corrected chi connectivity index (χ3v) is 2.84. The molecule has 0 amide bonds. The maximum Gasteiger partial charge on any atom is 0.113 e. The molecular weight excluding hydrogens is 212 g/mol. The van der Waals surface area contributed by atoms with Crippen LogP contribution in [0.5, 0.6) is 0 Å². The SMILES string of the molecule is CCNCc1nc(CCCN)n2ccccc12. The molecule has 0 spiro atoms. The molecule has 2 aromatic rings. The van der Waals surface area contributed by atoms with Crippen molar-refractivity contribution in [2.45, 2.75) is 26.3 Å². The van der Waals surface area contributed by atoms with Crippen molar-refractivity contribution < 1.29 is 0 Å². The van der Waals surface area contributed by atoms with E-state index in [0.29, 0.717) is 6.54 Å². The highest BCUT2D eigenvalue weighted by Gasteiger charge is 2.09. The summed E-state index contributed by atoms with van der Waals surface area (Å²) in [4.78, 5) is 4.71. The van der Waals surface area contributed by atoms with Crippen LogP contribution in [0.4, 0.5) is 0 Å². The molecule has 17 heavy (non-hydrogen) atoms. The Bertz CT molecular complexity index is 433. The molecule has 0 saturated heterocycles. The van der Waals surface area contributed by atoms with Crippen LogP contribution < -0.4 is 11.1 Å². The lowest BCUT2D eigenvalue weighted by Crippen LogP contribution is -2.12. The van der Waals surface area contributed by atoms with Crippen LogP contribution in [0.3, 0.4) is 0 Å². The molecule has 4 heteroatoms. The van der Waals surface area contributed by atoms with Crippen LogP contribution in [-0.2, 0) is 13.0 Å². The zero-order chi connectivity index (χ0) is 12.1. The van der Waals surface area contributed by atoms with Crippen LogP contribution in [0, 0.1) is 0 Å². The van der Waals surface area contributed by atoms with Gasteiger partial charge in [-0.3, -0.25) is 0 Å². The third-order valence-electron chi connectivity index (χ3n) is 2.84. The van der Waals surface area contributed by atoms with Gasteiger partial charge in [0.15, 0.2) is 0 Å². The summed E-state index contributed by atoms with van der Waals surface area (Å²) in [5.41, 5.74) is 7.88. The quantitative estimate of drug-likeness (QED) is 0.790. The van der Waals surface area contributed by atoms with E-state index in [9.17, 15) is 0 Å². The molecule has 0 fully saturated rings. The number of rotatable bonds is 6. The molecule has 4 nitrogen and oxygen atoms in total. The van der Waals surface area contributed by atoms with Gasteiger partial charge in [-0.15, -0.1) is 0 Å². The van der Waals surface area contributed by atoms with Crippen LogP contribution in [0.2, 0.25) is 0 Å². The van der Waals surface area contributed by atoms with E-state index in [-0.39, 0.29) is 0 Å². The van der Waals surface area contributed by atoms with Crippen molar-refractivity contribution in [3.05, 3.63) is 35.9 Å². The highest BCUT2D eigenvalue weighted by atomic mass is 15.0. The molecule has 0 unspecified atom stereocenters. The minimum absolute atomic E-state index is 0.713. The van der Waals surface area contributed by atoms with Crippen molar-refractivity contribution in [3.63, 3.8) is 0 Å². The number of aryl methyl sites for hydroxylation is 1. The number of nitrogens with zero attached hydrogens (tertiary/aromatic N) is 2. The fraction of sp³-hybridized carbons (Fsp3) is 0.462. The van der Waals surface area contributed by atoms with Gasteiger partial charge in [0.2, 0.25) is 0 Å². The monoisotopic (exact) mass is 232 g/mol. The minimum atomic E-state index is 0.713. The van der Waals surface area contributed by atoms with E-state index < -0.39 is 0 Å². The standard InChI is InChI=1S/C13H20N4/c1-2-15-10-11-12-6-3-4-9-17(12)13(16-11)7-5-8-14/h3-4,6,9,15H,2,5,7-8,10,14H2,1H3. The Morgan fingerprint density at radius 1 is 1.41 bits per heavy atom. The first-order chi connectivity index (χ1) is 8.36. The normalized spacial score (nSPS) is 11.2. The van der Waals surface area contributed by atoms with Crippen molar-refractivity contribution in [2.75, 3.05) is 13.1 Å². The molecule has 2 heterocycles. The van der Waals surface area contributed by atoms with E-state index in [2.05, 4.69) is 35.0 Å². The predicted octanol–water partition coefficient (Wildman–Crippen LogP) is 1.34. The molecule has 0 aliphatic rings. The first-order valence-electron chi connectivity index (χ1n) is 6.22. The Balaban J connectivity index is 2.32. The van der Waals surface area contributed by atoms with Gasteiger partial charge in [-0.1, -0.05) is 13.0 Å². The average molecular weight is 232 g/mol. The van der Waals surface area contributed by atoms with Gasteiger partial charge in [0, 0.05) is 19.2 Å². The lowest BCUT2D eigenvalue weighted by Gasteiger charge is -1.99. The van der Waals surface area contributed by atoms with Crippen LogP contribution in [0.1, 0.15) is 24.9 Å². The van der Waals surface area contributed by atoms with Gasteiger partial charge in [-0.25, -0.2) is 4.98 Å². The van der Waals surface area contributed by atoms with Crippen molar-refractivity contribution in [1.82, 2.24) is 14.7 Å². The zero-order valence-electron chi connectivity index (χ0n) is 10.3. The lowest BCUT2D eigenvalue weighted by molar-refractivity contribution is 0.711. The number of hydrogen-bond acceptors (Lipinski definition) is 3. The average Bonchev–Trinajstić information content (AvgIpc) is 2.72. The second-order valence-corrected chi connectivity index (χ2v) is 4.10. The Labute approximate surface area is 102 Å². The van der Waals surface area contributed by atoms with E-state index in [1.54, 1.807) is 0 Å². The summed E-state index contributed by atoms with van der Waals surface area (Å²) in [5.74, 6) is 1.11. The Morgan fingerprint density at radius 2 is 2.29 bits per heavy atom. The first-order valence-corrected chi connectivity index (χ1v) is 6.22. The van der Waals surface area contributed by atoms with E-state index >= 15 is 0 Å². The minimum Gasteiger partial charge on any atom is -0.330 e. The molecule has 0 aromatic carbocycles. The zero-order valence-corrected chi connectivity index (χ0v) is 10.3. The highest BCUT2D eigenvalue weighted by molar-refractivity contribution is 5.53. The van der Waals surface area contributed by atoms with E-state index in [1.165, 1.54) is 5.52 Å². The van der Waals surface area contributed by atoms with Gasteiger partial charge >= 0.3 is 0 Å². The summed E-state index contributed by atoms with van der Waals surface area (Å²) >= 11 is 0. The fourth-order valence-electron chi connectivity index (χ4n) is 1.98. The van der Waals surface area contributed by atoms with Crippen LogP contribution in [-0.4, -0.2) is 22.5 Å². The van der Waals surface area contributed by atoms with Gasteiger partial charge in [0.05, 0.1) is 11.2 Å². The maximum atomic E-state index is 5.56. The van der Waals surface area contributed by atoms with Crippen LogP contribution in [0.15, 0.2) is 24.4 Å². The molecule has 0 atom stereocenters. The van der Waals surface area contributed by atoms with Gasteiger partial charge in [-0.2, -0.15) is 0 Å². The molecule has 92 valence electrons. The van der Waals surface area contributed by atoms with E-state index in [4.69, 9.17) is 10.7 Å². The van der Waals surface area contributed by atoms with Gasteiger partial charge < -0.3 is 15.5 Å². The van der Waals surface area contributed by atoms with Crippen molar-refractivity contribution in [3.8, 4) is 0 Å². The Hall–Kier alpha value is -1.39. The third kappa shape index (κ3) is 2.65. The Morgan fingerprint density at radius 3 is 3.06 bits per heavy atom. The highest BCUT2D eigenvalue weighted by Crippen LogP contribution is 2.14. The number of fused-ring (bicyclic) bond motifs is 1. The molecule has 0 bridgehead atoms. The van der Waals surface area contributed by atoms with Gasteiger partial charge in [0.25, 0.3) is 0 Å². The summed E-state index contributed by atoms with van der Waals surface area (Å²) in [6.45, 7) is 4.61. The van der Waals surface area contributed by atoms with Crippen molar-refractivity contribution in [2.24, 2.45) is 5.73 Å². The van der Waals surface area contributed by atoms with E-state index in [1.807, 2.05) is 6.07 Å². The number of nitrogens with one attached hydrogen (secondary N) is 1. The second kappa shape index (κ2) is 5.80. The summed E-state index contributed by atoms with van der Waals surface area (Å²) in [7, 11) is 0. The molecule has 0 radical (unpaired) electrons. The summed E-state index contributed by atoms with van der Waals surface area (Å²) < 4.78 is 2.17. The second-order valence-electron chi connectivity index (χ2n) is 4.10. The lowest BCUT2D eigenvalue weighted by atomic mass is 10.3. The molecule has 0 saturated carbocycles. The maximum absolute atomic E-state index is 5.56. The summed E-state index contributed by atoms with van der Waals surface area (Å²) in [5, 5.41) is 3.33. The van der Waals surface area contributed by atoms with Gasteiger partial charge in [0.1, 0.15) is 5.82 Å². The first kappa shape index (κ1) is 12.1. The van der Waals surface area contributed by atoms with Gasteiger partial charge in [-0.05, 0) is 31.6 Å². The topological polar surface area (TPSA) is 55.3 Å².